The molecule has 3 nitrogen and oxygen atoms in total. The fraction of sp³-hybridized carbons (Fsp3) is 0.286. The van der Waals surface area contributed by atoms with Crippen LogP contribution in [0.5, 0.6) is 0 Å². The summed E-state index contributed by atoms with van der Waals surface area (Å²) in [5.41, 5.74) is 8.85. The first kappa shape index (κ1) is 18.8. The van der Waals surface area contributed by atoms with Gasteiger partial charge < -0.3 is 10.6 Å². The van der Waals surface area contributed by atoms with Crippen LogP contribution in [0.15, 0.2) is 53.5 Å². The largest absolute Gasteiger partial charge is 0.384 e. The molecule has 3 rings (SSSR count). The Hall–Kier alpha value is -1.97. The molecular weight excluding hydrogens is 365 g/mol. The highest BCUT2D eigenvalue weighted by Crippen LogP contribution is 2.29. The van der Waals surface area contributed by atoms with Crippen LogP contribution in [0.1, 0.15) is 31.7 Å². The summed E-state index contributed by atoms with van der Waals surface area (Å²) < 4.78 is 0. The lowest BCUT2D eigenvalue weighted by Gasteiger charge is -2.35. The van der Waals surface area contributed by atoms with Crippen LogP contribution >= 0.6 is 23.2 Å². The number of amidine groups is 1. The zero-order valence-corrected chi connectivity index (χ0v) is 16.3. The summed E-state index contributed by atoms with van der Waals surface area (Å²) in [6.45, 7) is 3.36. The third kappa shape index (κ3) is 4.80. The molecule has 2 aromatic rings. The Morgan fingerprint density at radius 3 is 2.62 bits per heavy atom. The first-order valence-electron chi connectivity index (χ1n) is 8.87. The second kappa shape index (κ2) is 8.61. The minimum atomic E-state index is 0.414. The van der Waals surface area contributed by atoms with Gasteiger partial charge in [0.15, 0.2) is 0 Å². The van der Waals surface area contributed by atoms with E-state index in [-0.39, 0.29) is 0 Å². The Bertz CT molecular complexity index is 813. The maximum Gasteiger partial charge on any atom is 0.124 e. The van der Waals surface area contributed by atoms with Crippen molar-refractivity contribution in [1.29, 1.82) is 0 Å². The van der Waals surface area contributed by atoms with Gasteiger partial charge in [-0.05, 0) is 80.3 Å². The highest BCUT2D eigenvalue weighted by atomic mass is 35.5. The average molecular weight is 388 g/mol. The molecule has 2 N–H and O–H groups in total. The molecule has 0 saturated carbocycles. The molecule has 0 aromatic heterocycles. The Balaban J connectivity index is 1.73. The lowest BCUT2D eigenvalue weighted by Crippen LogP contribution is -2.37. The van der Waals surface area contributed by atoms with Crippen LogP contribution in [0.25, 0.3) is 6.08 Å². The zero-order valence-electron chi connectivity index (χ0n) is 14.8. The first-order chi connectivity index (χ1) is 12.5. The predicted molar refractivity (Wildman–Crippen MR) is 114 cm³/mol. The molecule has 1 aliphatic heterocycles. The molecule has 1 heterocycles. The number of halogens is 2. The van der Waals surface area contributed by atoms with E-state index in [0.717, 1.165) is 22.8 Å². The van der Waals surface area contributed by atoms with Crippen molar-refractivity contribution in [2.24, 2.45) is 10.7 Å². The molecule has 1 aliphatic rings. The molecule has 2 aromatic carbocycles. The Labute approximate surface area is 165 Å². The van der Waals surface area contributed by atoms with Crippen LogP contribution in [-0.2, 0) is 0 Å². The molecule has 26 heavy (non-hydrogen) atoms. The third-order valence-corrected chi connectivity index (χ3v) is 5.22. The monoisotopic (exact) mass is 387 g/mol. The number of benzene rings is 2. The van der Waals surface area contributed by atoms with E-state index in [1.165, 1.54) is 24.9 Å². The minimum Gasteiger partial charge on any atom is -0.384 e. The van der Waals surface area contributed by atoms with Crippen molar-refractivity contribution in [3.8, 4) is 0 Å². The number of piperidine rings is 1. The van der Waals surface area contributed by atoms with Gasteiger partial charge in [0.25, 0.3) is 0 Å². The second-order valence-corrected chi connectivity index (χ2v) is 7.43. The fourth-order valence-corrected chi connectivity index (χ4v) is 3.55. The van der Waals surface area contributed by atoms with Crippen molar-refractivity contribution in [2.75, 3.05) is 11.4 Å². The molecule has 1 fully saturated rings. The number of hydrogen-bond donors (Lipinski definition) is 1. The van der Waals surface area contributed by atoms with Crippen molar-refractivity contribution in [3.05, 3.63) is 64.1 Å². The molecule has 0 radical (unpaired) electrons. The molecule has 1 unspecified atom stereocenters. The second-order valence-electron chi connectivity index (χ2n) is 6.59. The Kier molecular flexibility index (Phi) is 6.23. The number of nitrogens with zero attached hydrogens (tertiary/aromatic N) is 2. The van der Waals surface area contributed by atoms with Crippen LogP contribution < -0.4 is 10.6 Å². The van der Waals surface area contributed by atoms with E-state index in [1.807, 2.05) is 30.3 Å². The van der Waals surface area contributed by atoms with Gasteiger partial charge in [-0.2, -0.15) is 0 Å². The summed E-state index contributed by atoms with van der Waals surface area (Å²) in [7, 11) is 0. The van der Waals surface area contributed by atoms with Crippen molar-refractivity contribution >= 4 is 46.5 Å². The quantitative estimate of drug-likeness (QED) is 0.510. The smallest absolute Gasteiger partial charge is 0.124 e. The van der Waals surface area contributed by atoms with E-state index in [9.17, 15) is 0 Å². The van der Waals surface area contributed by atoms with Gasteiger partial charge in [-0.3, -0.25) is 0 Å². The summed E-state index contributed by atoms with van der Waals surface area (Å²) in [6, 6.07) is 14.0. The molecule has 5 heteroatoms. The Morgan fingerprint density at radius 2 is 1.92 bits per heavy atom. The van der Waals surface area contributed by atoms with E-state index in [2.05, 4.69) is 22.9 Å². The number of aliphatic imine (C=N–C) groups is 1. The van der Waals surface area contributed by atoms with Crippen LogP contribution in [0, 0.1) is 0 Å². The normalized spacial score (nSPS) is 18.5. The zero-order chi connectivity index (χ0) is 18.5. The van der Waals surface area contributed by atoms with Crippen LogP contribution in [0.3, 0.4) is 0 Å². The van der Waals surface area contributed by atoms with Gasteiger partial charge in [-0.15, -0.1) is 0 Å². The fourth-order valence-electron chi connectivity index (χ4n) is 3.19. The molecule has 1 atom stereocenters. The van der Waals surface area contributed by atoms with Crippen LogP contribution in [0.2, 0.25) is 10.0 Å². The molecule has 0 amide bonds. The van der Waals surface area contributed by atoms with E-state index in [1.54, 1.807) is 18.2 Å². The first-order valence-corrected chi connectivity index (χ1v) is 9.62. The maximum atomic E-state index is 6.48. The van der Waals surface area contributed by atoms with Gasteiger partial charge in [0.2, 0.25) is 0 Å². The maximum absolute atomic E-state index is 6.48. The van der Waals surface area contributed by atoms with Gasteiger partial charge in [0, 0.05) is 28.3 Å². The molecule has 0 aliphatic carbocycles. The highest BCUT2D eigenvalue weighted by Gasteiger charge is 2.18. The summed E-state index contributed by atoms with van der Waals surface area (Å²) in [5, 5.41) is 1.39. The molecule has 0 bridgehead atoms. The summed E-state index contributed by atoms with van der Waals surface area (Å²) in [4.78, 5) is 6.77. The van der Waals surface area contributed by atoms with Crippen molar-refractivity contribution in [1.82, 2.24) is 0 Å². The van der Waals surface area contributed by atoms with E-state index >= 15 is 0 Å². The van der Waals surface area contributed by atoms with Gasteiger partial charge in [-0.25, -0.2) is 4.99 Å². The number of anilines is 1. The lowest BCUT2D eigenvalue weighted by atomic mass is 10.0. The number of nitrogens with two attached hydrogens (primary N) is 1. The van der Waals surface area contributed by atoms with Crippen LogP contribution in [0.4, 0.5) is 11.4 Å². The number of hydrogen-bond acceptors (Lipinski definition) is 2. The molecular formula is C21H23Cl2N3. The van der Waals surface area contributed by atoms with E-state index in [4.69, 9.17) is 28.9 Å². The van der Waals surface area contributed by atoms with Crippen molar-refractivity contribution in [2.45, 2.75) is 32.2 Å². The van der Waals surface area contributed by atoms with Gasteiger partial charge in [0.1, 0.15) is 5.84 Å². The van der Waals surface area contributed by atoms with Gasteiger partial charge >= 0.3 is 0 Å². The topological polar surface area (TPSA) is 41.6 Å². The highest BCUT2D eigenvalue weighted by molar-refractivity contribution is 6.32. The molecule has 0 spiro atoms. The van der Waals surface area contributed by atoms with Crippen LogP contribution in [-0.4, -0.2) is 18.4 Å². The minimum absolute atomic E-state index is 0.414. The summed E-state index contributed by atoms with van der Waals surface area (Å²) in [5.74, 6) is 0.414. The average Bonchev–Trinajstić information content (AvgIpc) is 2.63. The standard InChI is InChI=1S/C21H23Cl2N3/c1-15-4-2-3-13-26(15)19-11-5-16(20(23)14-19)6-12-21(24)25-18-9-7-17(22)8-10-18/h5-12,14-15H,2-4,13H2,1H3,(H2,24,25)/b12-6+. The predicted octanol–water partition coefficient (Wildman–Crippen LogP) is 6.07. The summed E-state index contributed by atoms with van der Waals surface area (Å²) in [6.07, 6.45) is 7.43. The SMILES string of the molecule is CC1CCCCN1c1ccc(/C=C/C(N)=Nc2ccc(Cl)cc2)c(Cl)c1. The van der Waals surface area contributed by atoms with E-state index < -0.39 is 0 Å². The van der Waals surface area contributed by atoms with E-state index in [0.29, 0.717) is 16.9 Å². The lowest BCUT2D eigenvalue weighted by molar-refractivity contribution is 0.485. The third-order valence-electron chi connectivity index (χ3n) is 4.64. The molecule has 136 valence electrons. The van der Waals surface area contributed by atoms with Gasteiger partial charge in [-0.1, -0.05) is 29.3 Å². The van der Waals surface area contributed by atoms with Crippen molar-refractivity contribution in [3.63, 3.8) is 0 Å². The van der Waals surface area contributed by atoms with Crippen molar-refractivity contribution < 1.29 is 0 Å². The van der Waals surface area contributed by atoms with Gasteiger partial charge in [0.05, 0.1) is 5.69 Å². The number of rotatable bonds is 4. The Morgan fingerprint density at radius 1 is 1.15 bits per heavy atom. The summed E-state index contributed by atoms with van der Waals surface area (Å²) >= 11 is 12.4. The molecule has 1 saturated heterocycles.